The minimum absolute atomic E-state index is 0.0228. The fourth-order valence-corrected chi connectivity index (χ4v) is 6.72. The number of likely N-dealkylation sites (tertiary alicyclic amines) is 1. The Morgan fingerprint density at radius 3 is 2.17 bits per heavy atom. The summed E-state index contributed by atoms with van der Waals surface area (Å²) in [6.07, 6.45) is 9.26. The van der Waals surface area contributed by atoms with E-state index in [-0.39, 0.29) is 62.3 Å². The van der Waals surface area contributed by atoms with E-state index in [1.807, 2.05) is 51.9 Å². The molecule has 18 heteroatoms. The molecule has 1 aliphatic rings. The molecule has 6 N–H and O–H groups in total. The van der Waals surface area contributed by atoms with E-state index >= 15 is 0 Å². The monoisotopic (exact) mass is 859 g/mol. The maximum absolute atomic E-state index is 13.5. The Morgan fingerprint density at radius 2 is 1.66 bits per heavy atom. The number of unbranched alkanes of at least 4 members (excludes halogenated alkanes) is 4. The largest absolute Gasteiger partial charge is 0.476 e. The summed E-state index contributed by atoms with van der Waals surface area (Å²) in [4.78, 5) is 67.1. The zero-order valence-electron chi connectivity index (χ0n) is 37.7. The third-order valence-electron chi connectivity index (χ3n) is 9.45. The molecule has 3 amide bonds. The van der Waals surface area contributed by atoms with E-state index in [4.69, 9.17) is 24.9 Å². The van der Waals surface area contributed by atoms with Crippen LogP contribution in [-0.2, 0) is 23.8 Å². The molecular formula is C41H78N8O9S. The molecular weight excluding hydrogens is 781 g/mol. The second kappa shape index (κ2) is 31.4. The number of nitrogens with zero attached hydrogens (tertiary/aromatic N) is 4. The standard InChI is InChI=1S/C34H61N5O8S.C6H13N.CH4N2O/c1-9-11-13-14-16-39(29(41)15-12-10-2)26(24(3)4)17-27(30-38-25(19-48-30)31(42)43)47-32(44)36-20-33(5,6)21-46-34(7,8)22-45-23-37-28(40)18-35;1-7-5-3-2-4-6-7;1-2-3-4/h19,24,26-27H,9-18,20-23,35H2,1-8H3,(H,36,44)(H,37,40)(H,42,43);2-6H2,1H3;1H3,(H,2,4). The van der Waals surface area contributed by atoms with Crippen LogP contribution in [0.15, 0.2) is 10.7 Å². The average Bonchev–Trinajstić information content (AvgIpc) is 3.71. The Labute approximate surface area is 357 Å². The average molecular weight is 859 g/mol. The lowest BCUT2D eigenvalue weighted by Gasteiger charge is -2.36. The van der Waals surface area contributed by atoms with Crippen molar-refractivity contribution in [1.82, 2.24) is 30.8 Å². The molecule has 1 aromatic rings. The van der Waals surface area contributed by atoms with Crippen molar-refractivity contribution >= 4 is 35.2 Å². The highest BCUT2D eigenvalue weighted by Crippen LogP contribution is 2.32. The first-order valence-electron chi connectivity index (χ1n) is 21.2. The summed E-state index contributed by atoms with van der Waals surface area (Å²) in [5.74, 6) is -1.35. The van der Waals surface area contributed by atoms with Crippen LogP contribution < -0.4 is 21.8 Å². The Morgan fingerprint density at radius 1 is 1.02 bits per heavy atom. The molecule has 59 heavy (non-hydrogen) atoms. The molecule has 2 atom stereocenters. The number of carboxylic acids is 1. The number of carbonyl (C=O) groups excluding carboxylic acids is 3. The molecule has 342 valence electrons. The molecule has 1 aliphatic heterocycles. The van der Waals surface area contributed by atoms with Gasteiger partial charge in [0.25, 0.3) is 0 Å². The van der Waals surface area contributed by atoms with Crippen LogP contribution in [0.25, 0.3) is 0 Å². The van der Waals surface area contributed by atoms with Crippen molar-refractivity contribution < 1.29 is 38.5 Å². The molecule has 0 aromatic carbocycles. The van der Waals surface area contributed by atoms with Gasteiger partial charge in [-0.2, -0.15) is 0 Å². The number of nitrogens with one attached hydrogen (secondary N) is 3. The van der Waals surface area contributed by atoms with Gasteiger partial charge in [-0.05, 0) is 65.6 Å². The van der Waals surface area contributed by atoms with Gasteiger partial charge in [0.1, 0.15) is 11.7 Å². The molecule has 0 saturated carbocycles. The van der Waals surface area contributed by atoms with Gasteiger partial charge in [-0.3, -0.25) is 15.0 Å². The van der Waals surface area contributed by atoms with Gasteiger partial charge < -0.3 is 45.5 Å². The van der Waals surface area contributed by atoms with Gasteiger partial charge in [-0.25, -0.2) is 14.6 Å². The van der Waals surface area contributed by atoms with Crippen molar-refractivity contribution in [3.63, 3.8) is 0 Å². The van der Waals surface area contributed by atoms with Gasteiger partial charge >= 0.3 is 12.1 Å². The number of carboxylic acid groups (broad SMARTS) is 1. The number of aromatic nitrogens is 1. The van der Waals surface area contributed by atoms with Gasteiger partial charge in [-0.1, -0.05) is 73.6 Å². The summed E-state index contributed by atoms with van der Waals surface area (Å²) < 4.78 is 17.5. The van der Waals surface area contributed by atoms with Crippen molar-refractivity contribution in [1.29, 1.82) is 0 Å². The molecule has 0 aliphatic carbocycles. The Hall–Kier alpha value is -3.45. The number of nitrogens with two attached hydrogens (primary N) is 1. The lowest BCUT2D eigenvalue weighted by atomic mass is 9.94. The normalized spacial score (nSPS) is 14.1. The maximum atomic E-state index is 13.5. The SMILES string of the molecule is CCCCCCN(C(=O)CCCC)C(CC(OC(=O)NCC(C)(C)COC(C)(C)COCNC(=O)CN)c1nc(C(=O)O)cs1)C(C)C.CN1CCCCC1.CNN=O. The summed E-state index contributed by atoms with van der Waals surface area (Å²) >= 11 is 1.12. The number of piperidine rings is 1. The van der Waals surface area contributed by atoms with Gasteiger partial charge in [0.05, 0.1) is 25.4 Å². The van der Waals surface area contributed by atoms with Crippen LogP contribution in [0.2, 0.25) is 0 Å². The van der Waals surface area contributed by atoms with E-state index in [1.165, 1.54) is 44.8 Å². The molecule has 0 radical (unpaired) electrons. The van der Waals surface area contributed by atoms with Crippen LogP contribution >= 0.6 is 11.3 Å². The summed E-state index contributed by atoms with van der Waals surface area (Å²) in [7, 11) is 3.64. The van der Waals surface area contributed by atoms with Crippen molar-refractivity contribution in [2.24, 2.45) is 22.4 Å². The summed E-state index contributed by atoms with van der Waals surface area (Å²) in [6.45, 7) is 19.8. The first-order valence-corrected chi connectivity index (χ1v) is 22.0. The predicted molar refractivity (Wildman–Crippen MR) is 233 cm³/mol. The number of hydrogen-bond donors (Lipinski definition) is 5. The van der Waals surface area contributed by atoms with E-state index in [0.717, 1.165) is 49.9 Å². The van der Waals surface area contributed by atoms with Crippen LogP contribution in [0, 0.1) is 16.2 Å². The Kier molecular flexibility index (Phi) is 29.6. The number of alkyl carbamates (subject to hydrolysis) is 1. The van der Waals surface area contributed by atoms with E-state index in [2.05, 4.69) is 46.7 Å². The number of rotatable bonds is 26. The minimum Gasteiger partial charge on any atom is -0.476 e. The lowest BCUT2D eigenvalue weighted by molar-refractivity contribution is -0.135. The quantitative estimate of drug-likeness (QED) is 0.0291. The Balaban J connectivity index is 0.00000264. The van der Waals surface area contributed by atoms with Crippen LogP contribution in [0.1, 0.15) is 148 Å². The van der Waals surface area contributed by atoms with E-state index < -0.39 is 29.2 Å². The van der Waals surface area contributed by atoms with Crippen LogP contribution in [-0.4, -0.2) is 122 Å². The number of aromatic carboxylic acids is 1. The van der Waals surface area contributed by atoms with E-state index in [0.29, 0.717) is 24.6 Å². The van der Waals surface area contributed by atoms with Gasteiger partial charge in [-0.15, -0.1) is 16.2 Å². The topological polar surface area (TPSA) is 227 Å². The summed E-state index contributed by atoms with van der Waals surface area (Å²) in [5.41, 5.74) is 6.01. The third kappa shape index (κ3) is 26.4. The predicted octanol–water partition coefficient (Wildman–Crippen LogP) is 6.48. The smallest absolute Gasteiger partial charge is 0.407 e. The highest BCUT2D eigenvalue weighted by molar-refractivity contribution is 7.09. The van der Waals surface area contributed by atoms with Crippen molar-refractivity contribution in [2.45, 2.75) is 144 Å². The highest BCUT2D eigenvalue weighted by Gasteiger charge is 2.33. The first kappa shape index (κ1) is 55.5. The second-order valence-electron chi connectivity index (χ2n) is 16.6. The molecule has 2 unspecified atom stereocenters. The van der Waals surface area contributed by atoms with Crippen LogP contribution in [0.5, 0.6) is 0 Å². The van der Waals surface area contributed by atoms with Gasteiger partial charge in [0.2, 0.25) is 11.8 Å². The van der Waals surface area contributed by atoms with E-state index in [1.54, 1.807) is 0 Å². The first-order chi connectivity index (χ1) is 27.9. The van der Waals surface area contributed by atoms with Crippen molar-refractivity contribution in [3.8, 4) is 0 Å². The fourth-order valence-electron chi connectivity index (χ4n) is 5.89. The molecule has 1 fully saturated rings. The maximum Gasteiger partial charge on any atom is 0.407 e. The summed E-state index contributed by atoms with van der Waals surface area (Å²) in [5, 5.41) is 18.9. The molecule has 0 spiro atoms. The number of carbonyl (C=O) groups is 4. The molecule has 2 heterocycles. The fraction of sp³-hybridized carbons (Fsp3) is 0.829. The lowest BCUT2D eigenvalue weighted by Crippen LogP contribution is -2.45. The molecule has 17 nitrogen and oxygen atoms in total. The van der Waals surface area contributed by atoms with Gasteiger partial charge in [0.15, 0.2) is 11.8 Å². The van der Waals surface area contributed by atoms with Crippen molar-refractivity contribution in [3.05, 3.63) is 21.0 Å². The van der Waals surface area contributed by atoms with Gasteiger partial charge in [0, 0.05) is 55.1 Å². The van der Waals surface area contributed by atoms with E-state index in [9.17, 15) is 24.3 Å². The third-order valence-corrected chi connectivity index (χ3v) is 10.4. The molecule has 2 rings (SSSR count). The molecule has 1 saturated heterocycles. The van der Waals surface area contributed by atoms with Crippen LogP contribution in [0.4, 0.5) is 4.79 Å². The number of ether oxygens (including phenoxy) is 3. The molecule has 1 aromatic heterocycles. The molecule has 0 bridgehead atoms. The van der Waals surface area contributed by atoms with Crippen LogP contribution in [0.3, 0.4) is 0 Å². The number of hydrogen-bond acceptors (Lipinski definition) is 13. The van der Waals surface area contributed by atoms with Crippen molar-refractivity contribution in [2.75, 3.05) is 66.8 Å². The zero-order valence-corrected chi connectivity index (χ0v) is 38.5. The Bertz CT molecular complexity index is 1330. The number of thiazole rings is 1. The zero-order chi connectivity index (χ0) is 44.9. The second-order valence-corrected chi connectivity index (χ2v) is 17.5. The highest BCUT2D eigenvalue weighted by atomic mass is 32.1. The number of nitroso groups, excluding NO2 is 1. The number of amides is 3. The summed E-state index contributed by atoms with van der Waals surface area (Å²) in [6, 6.07) is -0.246. The minimum atomic E-state index is -1.16.